The first kappa shape index (κ1) is 18.2. The van der Waals surface area contributed by atoms with Crippen molar-refractivity contribution >= 4 is 17.7 Å². The van der Waals surface area contributed by atoms with Crippen LogP contribution in [0.4, 0.5) is 0 Å². The molecule has 146 valence electrons. The standard InChI is InChI=1S/C20H23N5O3/c1-2-13-3-5-14(6-4-13)19(27)24-7-8-25-17(11-24)18(26)23-16(20(25)28)9-15-10-21-12-22-15/h3-6,10,12,16-17H,2,7-9,11H2,1H3,(H,21,22)(H,23,26)/t16-,17+/m0/s1. The van der Waals surface area contributed by atoms with Gasteiger partial charge >= 0.3 is 0 Å². The van der Waals surface area contributed by atoms with Gasteiger partial charge in [0.15, 0.2) is 0 Å². The number of aryl methyl sites for hydroxylation is 1. The number of nitrogens with one attached hydrogen (secondary N) is 2. The molecule has 8 nitrogen and oxygen atoms in total. The number of carbonyl (C=O) groups excluding carboxylic acids is 3. The van der Waals surface area contributed by atoms with Crippen LogP contribution in [0.3, 0.4) is 0 Å². The minimum absolute atomic E-state index is 0.109. The summed E-state index contributed by atoms with van der Waals surface area (Å²) in [5.74, 6) is -0.441. The summed E-state index contributed by atoms with van der Waals surface area (Å²) in [5.41, 5.74) is 2.56. The molecule has 0 spiro atoms. The molecule has 2 N–H and O–H groups in total. The molecular weight excluding hydrogens is 358 g/mol. The van der Waals surface area contributed by atoms with E-state index in [9.17, 15) is 14.4 Å². The molecule has 0 aliphatic carbocycles. The lowest BCUT2D eigenvalue weighted by molar-refractivity contribution is -0.152. The second-order valence-electron chi connectivity index (χ2n) is 7.19. The molecule has 2 aliphatic heterocycles. The van der Waals surface area contributed by atoms with E-state index in [4.69, 9.17) is 0 Å². The first-order valence-corrected chi connectivity index (χ1v) is 9.53. The monoisotopic (exact) mass is 381 g/mol. The number of nitrogens with zero attached hydrogens (tertiary/aromatic N) is 3. The van der Waals surface area contributed by atoms with Crippen LogP contribution >= 0.6 is 0 Å². The van der Waals surface area contributed by atoms with Crippen LogP contribution in [0.2, 0.25) is 0 Å². The predicted molar refractivity (Wildman–Crippen MR) is 101 cm³/mol. The zero-order valence-electron chi connectivity index (χ0n) is 15.7. The van der Waals surface area contributed by atoms with Crippen LogP contribution < -0.4 is 5.32 Å². The molecule has 2 saturated heterocycles. The van der Waals surface area contributed by atoms with Crippen LogP contribution in [0.5, 0.6) is 0 Å². The average Bonchev–Trinajstić information content (AvgIpc) is 3.24. The average molecular weight is 381 g/mol. The lowest BCUT2D eigenvalue weighted by Gasteiger charge is -2.45. The molecular formula is C20H23N5O3. The van der Waals surface area contributed by atoms with Gasteiger partial charge in [0.1, 0.15) is 12.1 Å². The molecule has 3 heterocycles. The summed E-state index contributed by atoms with van der Waals surface area (Å²) in [7, 11) is 0. The lowest BCUT2D eigenvalue weighted by atomic mass is 10.0. The number of rotatable bonds is 4. The van der Waals surface area contributed by atoms with Crippen LogP contribution in [0, 0.1) is 0 Å². The Morgan fingerprint density at radius 1 is 1.21 bits per heavy atom. The van der Waals surface area contributed by atoms with Gasteiger partial charge in [0.25, 0.3) is 5.91 Å². The number of benzene rings is 1. The van der Waals surface area contributed by atoms with Crippen molar-refractivity contribution in [2.45, 2.75) is 31.8 Å². The number of aromatic nitrogens is 2. The minimum Gasteiger partial charge on any atom is -0.348 e. The van der Waals surface area contributed by atoms with Gasteiger partial charge in [-0.3, -0.25) is 14.4 Å². The Balaban J connectivity index is 1.44. The van der Waals surface area contributed by atoms with Gasteiger partial charge in [-0.1, -0.05) is 19.1 Å². The van der Waals surface area contributed by atoms with Crippen molar-refractivity contribution in [3.8, 4) is 0 Å². The van der Waals surface area contributed by atoms with Gasteiger partial charge in [-0.15, -0.1) is 0 Å². The molecule has 4 rings (SSSR count). The summed E-state index contributed by atoms with van der Waals surface area (Å²) in [6, 6.07) is 6.28. The number of carbonyl (C=O) groups is 3. The number of amides is 3. The Labute approximate surface area is 162 Å². The van der Waals surface area contributed by atoms with Crippen molar-refractivity contribution in [1.82, 2.24) is 25.1 Å². The van der Waals surface area contributed by atoms with E-state index in [1.165, 1.54) is 5.56 Å². The molecule has 2 atom stereocenters. The highest BCUT2D eigenvalue weighted by atomic mass is 16.2. The zero-order chi connectivity index (χ0) is 19.7. The highest BCUT2D eigenvalue weighted by Crippen LogP contribution is 2.19. The first-order chi connectivity index (χ1) is 13.6. The van der Waals surface area contributed by atoms with E-state index in [2.05, 4.69) is 22.2 Å². The third-order valence-corrected chi connectivity index (χ3v) is 5.46. The van der Waals surface area contributed by atoms with E-state index in [-0.39, 0.29) is 24.3 Å². The maximum atomic E-state index is 12.8. The number of fused-ring (bicyclic) bond motifs is 1. The maximum Gasteiger partial charge on any atom is 0.253 e. The van der Waals surface area contributed by atoms with Gasteiger partial charge in [-0.2, -0.15) is 0 Å². The molecule has 0 radical (unpaired) electrons. The summed E-state index contributed by atoms with van der Waals surface area (Å²) < 4.78 is 0. The molecule has 28 heavy (non-hydrogen) atoms. The topological polar surface area (TPSA) is 98.4 Å². The number of aromatic amines is 1. The first-order valence-electron chi connectivity index (χ1n) is 9.53. The van der Waals surface area contributed by atoms with E-state index in [1.54, 1.807) is 22.3 Å². The molecule has 8 heteroatoms. The fourth-order valence-electron chi connectivity index (χ4n) is 3.81. The normalized spacial score (nSPS) is 22.0. The predicted octanol–water partition coefficient (Wildman–Crippen LogP) is 0.366. The fourth-order valence-corrected chi connectivity index (χ4v) is 3.81. The van der Waals surface area contributed by atoms with Gasteiger partial charge in [-0.05, 0) is 24.1 Å². The number of hydrogen-bond donors (Lipinski definition) is 2. The summed E-state index contributed by atoms with van der Waals surface area (Å²) in [6.45, 7) is 3.05. The Bertz CT molecular complexity index is 878. The van der Waals surface area contributed by atoms with Gasteiger partial charge in [0, 0.05) is 37.0 Å². The summed E-state index contributed by atoms with van der Waals surface area (Å²) in [6.07, 6.45) is 4.48. The quantitative estimate of drug-likeness (QED) is 0.799. The van der Waals surface area contributed by atoms with Crippen molar-refractivity contribution in [2.75, 3.05) is 19.6 Å². The van der Waals surface area contributed by atoms with Crippen molar-refractivity contribution in [3.63, 3.8) is 0 Å². The van der Waals surface area contributed by atoms with Crippen LogP contribution in [0.25, 0.3) is 0 Å². The molecule has 2 aromatic rings. The summed E-state index contributed by atoms with van der Waals surface area (Å²) >= 11 is 0. The highest BCUT2D eigenvalue weighted by Gasteiger charge is 2.44. The zero-order valence-corrected chi connectivity index (χ0v) is 15.7. The Kier molecular flexibility index (Phi) is 4.85. The van der Waals surface area contributed by atoms with Crippen molar-refractivity contribution in [1.29, 1.82) is 0 Å². The second-order valence-corrected chi connectivity index (χ2v) is 7.19. The Hall–Kier alpha value is -3.16. The molecule has 0 saturated carbocycles. The van der Waals surface area contributed by atoms with Gasteiger partial charge in [0.05, 0.1) is 12.9 Å². The van der Waals surface area contributed by atoms with Crippen molar-refractivity contribution in [2.24, 2.45) is 0 Å². The number of imidazole rings is 1. The SMILES string of the molecule is CCc1ccc(C(=O)N2CCN3C(=O)[C@H](Cc4cnc[nH]4)NC(=O)[C@H]3C2)cc1. The molecule has 2 aliphatic rings. The van der Waals surface area contributed by atoms with Crippen LogP contribution in [-0.2, 0) is 22.4 Å². The van der Waals surface area contributed by atoms with E-state index >= 15 is 0 Å². The summed E-state index contributed by atoms with van der Waals surface area (Å²) in [4.78, 5) is 48.4. The number of piperazine rings is 2. The molecule has 0 unspecified atom stereocenters. The van der Waals surface area contributed by atoms with E-state index in [0.717, 1.165) is 12.1 Å². The largest absolute Gasteiger partial charge is 0.348 e. The second kappa shape index (κ2) is 7.46. The van der Waals surface area contributed by atoms with Crippen molar-refractivity contribution < 1.29 is 14.4 Å². The number of H-pyrrole nitrogens is 1. The molecule has 3 amide bonds. The molecule has 1 aromatic heterocycles. The van der Waals surface area contributed by atoms with E-state index in [0.29, 0.717) is 25.1 Å². The fraction of sp³-hybridized carbons (Fsp3) is 0.400. The Morgan fingerprint density at radius 2 is 2.00 bits per heavy atom. The maximum absolute atomic E-state index is 12.8. The van der Waals surface area contributed by atoms with Gasteiger partial charge in [0.2, 0.25) is 11.8 Å². The van der Waals surface area contributed by atoms with E-state index < -0.39 is 12.1 Å². The highest BCUT2D eigenvalue weighted by molar-refractivity contribution is 5.99. The van der Waals surface area contributed by atoms with Crippen LogP contribution in [-0.4, -0.2) is 69.2 Å². The molecule has 0 bridgehead atoms. The molecule has 2 fully saturated rings. The lowest BCUT2D eigenvalue weighted by Crippen LogP contribution is -2.70. The smallest absolute Gasteiger partial charge is 0.253 e. The third-order valence-electron chi connectivity index (χ3n) is 5.46. The van der Waals surface area contributed by atoms with Crippen molar-refractivity contribution in [3.05, 3.63) is 53.6 Å². The molecule has 1 aromatic carbocycles. The Morgan fingerprint density at radius 3 is 2.68 bits per heavy atom. The van der Waals surface area contributed by atoms with Gasteiger partial charge < -0.3 is 20.1 Å². The van der Waals surface area contributed by atoms with E-state index in [1.807, 2.05) is 24.3 Å². The number of hydrogen-bond acceptors (Lipinski definition) is 4. The minimum atomic E-state index is -0.641. The van der Waals surface area contributed by atoms with Crippen LogP contribution in [0.15, 0.2) is 36.8 Å². The third kappa shape index (κ3) is 3.37. The summed E-state index contributed by atoms with van der Waals surface area (Å²) in [5, 5.41) is 2.80. The van der Waals surface area contributed by atoms with Gasteiger partial charge in [-0.25, -0.2) is 4.98 Å². The van der Waals surface area contributed by atoms with Crippen LogP contribution in [0.1, 0.15) is 28.5 Å².